The highest BCUT2D eigenvalue weighted by molar-refractivity contribution is 5.77. The lowest BCUT2D eigenvalue weighted by atomic mass is 9.83. The van der Waals surface area contributed by atoms with Crippen LogP contribution in [0.4, 0.5) is 0 Å². The summed E-state index contributed by atoms with van der Waals surface area (Å²) in [7, 11) is 0. The SMILES string of the molecule is Cc1nc2c(cnn2C(C)(C)C)c(=O)n1CCC(=O)N1CC2CC(C1)c1cccc(=O)n1C2. The first-order chi connectivity index (χ1) is 15.6. The molecule has 2 aliphatic rings. The van der Waals surface area contributed by atoms with Gasteiger partial charge in [0, 0.05) is 50.3 Å². The van der Waals surface area contributed by atoms with Crippen molar-refractivity contribution in [1.82, 2.24) is 28.8 Å². The first-order valence-corrected chi connectivity index (χ1v) is 11.6. The molecule has 5 rings (SSSR count). The lowest BCUT2D eigenvalue weighted by Gasteiger charge is -2.42. The van der Waals surface area contributed by atoms with E-state index in [1.807, 2.05) is 36.3 Å². The van der Waals surface area contributed by atoms with Crippen molar-refractivity contribution >= 4 is 16.9 Å². The number of carbonyl (C=O) groups excluding carboxylic acids is 1. The number of aromatic nitrogens is 5. The van der Waals surface area contributed by atoms with Crippen LogP contribution in [-0.2, 0) is 23.4 Å². The fraction of sp³-hybridized carbons (Fsp3) is 0.542. The Hall–Kier alpha value is -3.23. The molecule has 2 aliphatic heterocycles. The van der Waals surface area contributed by atoms with Crippen LogP contribution in [-0.4, -0.2) is 47.8 Å². The lowest BCUT2D eigenvalue weighted by molar-refractivity contribution is -0.134. The average Bonchev–Trinajstić information content (AvgIpc) is 3.18. The number of hydrogen-bond donors (Lipinski definition) is 0. The average molecular weight is 451 g/mol. The molecule has 0 aromatic carbocycles. The van der Waals surface area contributed by atoms with E-state index in [-0.39, 0.29) is 47.4 Å². The van der Waals surface area contributed by atoms with E-state index in [9.17, 15) is 14.4 Å². The first kappa shape index (κ1) is 21.6. The Balaban J connectivity index is 1.34. The minimum absolute atomic E-state index is 0.0354. The summed E-state index contributed by atoms with van der Waals surface area (Å²) in [5.41, 5.74) is 1.18. The highest BCUT2D eigenvalue weighted by Gasteiger charge is 2.36. The van der Waals surface area contributed by atoms with Gasteiger partial charge < -0.3 is 9.47 Å². The molecule has 174 valence electrons. The van der Waals surface area contributed by atoms with E-state index in [1.54, 1.807) is 34.5 Å². The van der Waals surface area contributed by atoms with Crippen molar-refractivity contribution in [1.29, 1.82) is 0 Å². The highest BCUT2D eigenvalue weighted by Crippen LogP contribution is 2.35. The molecule has 0 radical (unpaired) electrons. The van der Waals surface area contributed by atoms with Gasteiger partial charge in [-0.3, -0.25) is 19.0 Å². The van der Waals surface area contributed by atoms with Gasteiger partial charge in [0.05, 0.1) is 11.7 Å². The van der Waals surface area contributed by atoms with Crippen LogP contribution in [0, 0.1) is 12.8 Å². The molecular formula is C24H30N6O3. The van der Waals surface area contributed by atoms with Gasteiger partial charge in [-0.2, -0.15) is 5.10 Å². The van der Waals surface area contributed by atoms with Crippen LogP contribution in [0.5, 0.6) is 0 Å². The van der Waals surface area contributed by atoms with Gasteiger partial charge in [0.25, 0.3) is 11.1 Å². The number of fused-ring (bicyclic) bond motifs is 5. The number of amides is 1. The number of hydrogen-bond acceptors (Lipinski definition) is 5. The van der Waals surface area contributed by atoms with E-state index in [0.717, 1.165) is 12.1 Å². The monoisotopic (exact) mass is 450 g/mol. The van der Waals surface area contributed by atoms with Crippen LogP contribution in [0.3, 0.4) is 0 Å². The molecule has 0 aliphatic carbocycles. The van der Waals surface area contributed by atoms with Crippen molar-refractivity contribution in [3.8, 4) is 0 Å². The minimum atomic E-state index is -0.286. The number of pyridine rings is 1. The molecule has 1 fully saturated rings. The maximum absolute atomic E-state index is 13.1. The van der Waals surface area contributed by atoms with Crippen LogP contribution in [0.2, 0.25) is 0 Å². The summed E-state index contributed by atoms with van der Waals surface area (Å²) in [6, 6.07) is 5.40. The number of nitrogens with zero attached hydrogens (tertiary/aromatic N) is 6. The van der Waals surface area contributed by atoms with Crippen molar-refractivity contribution in [3.05, 3.63) is 56.6 Å². The molecule has 0 N–H and O–H groups in total. The normalized spacial score (nSPS) is 20.2. The van der Waals surface area contributed by atoms with Gasteiger partial charge in [0.15, 0.2) is 5.65 Å². The van der Waals surface area contributed by atoms with Crippen LogP contribution in [0.25, 0.3) is 11.0 Å². The van der Waals surface area contributed by atoms with Gasteiger partial charge >= 0.3 is 0 Å². The van der Waals surface area contributed by atoms with Crippen LogP contribution in [0.15, 0.2) is 34.0 Å². The Labute approximate surface area is 191 Å². The van der Waals surface area contributed by atoms with Crippen LogP contribution >= 0.6 is 0 Å². The van der Waals surface area contributed by atoms with Crippen molar-refractivity contribution in [2.24, 2.45) is 5.92 Å². The summed E-state index contributed by atoms with van der Waals surface area (Å²) in [6.45, 7) is 10.1. The van der Waals surface area contributed by atoms with Crippen molar-refractivity contribution < 1.29 is 4.79 Å². The van der Waals surface area contributed by atoms with Crippen molar-refractivity contribution in [2.45, 2.75) is 65.1 Å². The smallest absolute Gasteiger partial charge is 0.264 e. The van der Waals surface area contributed by atoms with Crippen LogP contribution < -0.4 is 11.1 Å². The summed E-state index contributed by atoms with van der Waals surface area (Å²) in [4.78, 5) is 45.0. The predicted molar refractivity (Wildman–Crippen MR) is 124 cm³/mol. The molecule has 2 atom stereocenters. The van der Waals surface area contributed by atoms with Gasteiger partial charge in [0.1, 0.15) is 11.2 Å². The Morgan fingerprint density at radius 1 is 1.15 bits per heavy atom. The molecule has 0 spiro atoms. The predicted octanol–water partition coefficient (Wildman–Crippen LogP) is 1.85. The fourth-order valence-electron chi connectivity index (χ4n) is 5.33. The minimum Gasteiger partial charge on any atom is -0.342 e. The molecule has 2 bridgehead atoms. The van der Waals surface area contributed by atoms with E-state index < -0.39 is 0 Å². The third-order valence-electron chi connectivity index (χ3n) is 6.89. The zero-order valence-corrected chi connectivity index (χ0v) is 19.6. The Kier molecular flexibility index (Phi) is 5.02. The Morgan fingerprint density at radius 2 is 1.94 bits per heavy atom. The molecule has 33 heavy (non-hydrogen) atoms. The highest BCUT2D eigenvalue weighted by atomic mass is 16.2. The van der Waals surface area contributed by atoms with Crippen molar-refractivity contribution in [3.63, 3.8) is 0 Å². The van der Waals surface area contributed by atoms with Gasteiger partial charge in [-0.15, -0.1) is 0 Å². The number of aryl methyl sites for hydroxylation is 1. The van der Waals surface area contributed by atoms with Gasteiger partial charge in [-0.1, -0.05) is 6.07 Å². The molecule has 2 unspecified atom stereocenters. The molecule has 5 heterocycles. The quantitative estimate of drug-likeness (QED) is 0.607. The molecule has 1 amide bonds. The second kappa shape index (κ2) is 7.67. The van der Waals surface area contributed by atoms with E-state index >= 15 is 0 Å². The second-order valence-corrected chi connectivity index (χ2v) is 10.3. The summed E-state index contributed by atoms with van der Waals surface area (Å²) in [5.74, 6) is 1.08. The third kappa shape index (κ3) is 3.69. The summed E-state index contributed by atoms with van der Waals surface area (Å²) in [6.07, 6.45) is 2.81. The number of carbonyl (C=O) groups is 1. The fourth-order valence-corrected chi connectivity index (χ4v) is 5.33. The maximum atomic E-state index is 13.1. The van der Waals surface area contributed by atoms with E-state index in [0.29, 0.717) is 36.5 Å². The summed E-state index contributed by atoms with van der Waals surface area (Å²) < 4.78 is 5.21. The molecule has 1 saturated heterocycles. The topological polar surface area (TPSA) is 95.0 Å². The summed E-state index contributed by atoms with van der Waals surface area (Å²) in [5, 5.41) is 4.85. The van der Waals surface area contributed by atoms with E-state index in [1.165, 1.54) is 0 Å². The Bertz CT molecular complexity index is 1360. The second-order valence-electron chi connectivity index (χ2n) is 10.3. The number of likely N-dealkylation sites (tertiary alicyclic amines) is 1. The van der Waals surface area contributed by atoms with Gasteiger partial charge in [0.2, 0.25) is 5.91 Å². The van der Waals surface area contributed by atoms with E-state index in [2.05, 4.69) is 10.1 Å². The number of piperidine rings is 1. The van der Waals surface area contributed by atoms with Crippen molar-refractivity contribution in [2.75, 3.05) is 13.1 Å². The molecular weight excluding hydrogens is 420 g/mol. The van der Waals surface area contributed by atoms with E-state index in [4.69, 9.17) is 0 Å². The molecule has 9 heteroatoms. The van der Waals surface area contributed by atoms with Crippen LogP contribution in [0.1, 0.15) is 51.0 Å². The molecule has 3 aromatic rings. The maximum Gasteiger partial charge on any atom is 0.264 e. The standard InChI is InChI=1S/C24H30N6O3/c1-15-26-22-18(11-25-30(22)24(2,3)4)23(33)28(15)9-8-20(31)27-12-16-10-17(14-27)19-6-5-7-21(32)29(19)13-16/h5-7,11,16-17H,8-10,12-14H2,1-4H3. The molecule has 0 saturated carbocycles. The third-order valence-corrected chi connectivity index (χ3v) is 6.89. The molecule has 3 aromatic heterocycles. The Morgan fingerprint density at radius 3 is 2.70 bits per heavy atom. The zero-order valence-electron chi connectivity index (χ0n) is 19.6. The zero-order chi connectivity index (χ0) is 23.5. The largest absolute Gasteiger partial charge is 0.342 e. The first-order valence-electron chi connectivity index (χ1n) is 11.6. The number of rotatable bonds is 3. The lowest BCUT2D eigenvalue weighted by Crippen LogP contribution is -2.49. The summed E-state index contributed by atoms with van der Waals surface area (Å²) >= 11 is 0. The van der Waals surface area contributed by atoms with Gasteiger partial charge in [-0.25, -0.2) is 9.67 Å². The molecule has 9 nitrogen and oxygen atoms in total. The van der Waals surface area contributed by atoms with Gasteiger partial charge in [-0.05, 0) is 46.1 Å².